The minimum Gasteiger partial charge on any atom is -0.0631 e. The monoisotopic (exact) mass is 808 g/mol. The average molecular weight is 811 g/mol. The molecule has 0 saturated carbocycles. The molecule has 0 spiro atoms. The predicted octanol–water partition coefficient (Wildman–Crippen LogP) is 13.1. The Morgan fingerprint density at radius 2 is 0.808 bits per heavy atom. The molecule has 0 atom stereocenters. The van der Waals surface area contributed by atoms with Crippen molar-refractivity contribution in [1.29, 1.82) is 0 Å². The fraction of sp³-hybridized carbons (Fsp3) is 0.125. The van der Waals surface area contributed by atoms with Gasteiger partial charge in [0.15, 0.2) is 0 Å². The number of hydrogen-bond acceptors (Lipinski definition) is 0. The molecule has 0 aromatic heterocycles. The van der Waals surface area contributed by atoms with Crippen molar-refractivity contribution < 1.29 is 20.8 Å². The summed E-state index contributed by atoms with van der Waals surface area (Å²) in [6, 6.07) is 64.9. The van der Waals surface area contributed by atoms with Crippen molar-refractivity contribution in [3.63, 3.8) is 0 Å². The molecular weight excluding hydrogens is 767 g/mol. The van der Waals surface area contributed by atoms with Crippen molar-refractivity contribution in [1.82, 2.24) is 0 Å². The van der Waals surface area contributed by atoms with Gasteiger partial charge in [-0.15, -0.1) is 69.1 Å². The van der Waals surface area contributed by atoms with Crippen LogP contribution in [0.1, 0.15) is 37.8 Å². The molecule has 8 aromatic rings. The maximum Gasteiger partial charge on any atom is 0.121 e. The number of benzene rings is 6. The van der Waals surface area contributed by atoms with Crippen LogP contribution in [0, 0.1) is 0 Å². The molecule has 0 aliphatic heterocycles. The first-order valence-electron chi connectivity index (χ1n) is 17.9. The maximum atomic E-state index is 4.93. The van der Waals surface area contributed by atoms with Gasteiger partial charge in [-0.1, -0.05) is 182 Å². The summed E-state index contributed by atoms with van der Waals surface area (Å²) in [5, 5.41) is 8.28. The second-order valence-electron chi connectivity index (χ2n) is 12.5. The smallest absolute Gasteiger partial charge is 0.0631 e. The molecule has 4 heteroatoms. The molecule has 8 rings (SSSR count). The molecule has 258 valence electrons. The van der Waals surface area contributed by atoms with Gasteiger partial charge in [0, 0.05) is 0 Å². The number of fused-ring (bicyclic) bond motifs is 2. The molecule has 8 aromatic carbocycles. The normalized spacial score (nSPS) is 10.2. The van der Waals surface area contributed by atoms with Crippen LogP contribution >= 0.6 is 17.0 Å². The first-order chi connectivity index (χ1) is 25.6. The summed E-state index contributed by atoms with van der Waals surface area (Å²) in [7, 11) is 10.6. The Morgan fingerprint density at radius 3 is 1.15 bits per heavy atom. The van der Waals surface area contributed by atoms with E-state index in [-0.39, 0.29) is 0 Å². The van der Waals surface area contributed by atoms with E-state index in [1.165, 1.54) is 91.0 Å². The molecule has 0 unspecified atom stereocenters. The molecule has 0 N–H and O–H groups in total. The van der Waals surface area contributed by atoms with Gasteiger partial charge in [-0.3, -0.25) is 0 Å². The molecule has 0 fully saturated rings. The van der Waals surface area contributed by atoms with E-state index in [1.54, 1.807) is 0 Å². The molecule has 52 heavy (non-hydrogen) atoms. The third-order valence-electron chi connectivity index (χ3n) is 8.70. The summed E-state index contributed by atoms with van der Waals surface area (Å²) in [5.41, 5.74) is 8.20. The van der Waals surface area contributed by atoms with Crippen molar-refractivity contribution in [2.75, 3.05) is 0 Å². The fourth-order valence-electron chi connectivity index (χ4n) is 6.41. The van der Waals surface area contributed by atoms with Crippen molar-refractivity contribution in [2.45, 2.75) is 39.5 Å². The van der Waals surface area contributed by atoms with E-state index in [4.69, 9.17) is 17.0 Å². The van der Waals surface area contributed by atoms with Crippen molar-refractivity contribution >= 4 is 58.5 Å². The molecule has 0 bridgehead atoms. The molecule has 0 heterocycles. The maximum absolute atomic E-state index is 4.93. The van der Waals surface area contributed by atoms with Gasteiger partial charge in [-0.05, 0) is 24.0 Å². The van der Waals surface area contributed by atoms with Crippen LogP contribution in [0.25, 0.3) is 43.8 Å². The Balaban J connectivity index is 0.000000147. The minimum absolute atomic E-state index is 0.777. The summed E-state index contributed by atoms with van der Waals surface area (Å²) in [4.78, 5) is 0. The third-order valence-corrected chi connectivity index (χ3v) is 9.95. The molecule has 2 radical (unpaired) electrons. The Bertz CT molecular complexity index is 2020. The second-order valence-corrected chi connectivity index (χ2v) is 17.6. The molecule has 0 saturated heterocycles. The molecule has 0 aliphatic rings. The zero-order valence-electron chi connectivity index (χ0n) is 29.9. The number of hydrogen-bond donors (Lipinski definition) is 0. The van der Waals surface area contributed by atoms with Gasteiger partial charge in [0.1, 0.15) is 9.52 Å². The molecule has 0 aliphatic carbocycles. The molecule has 0 nitrogen and oxygen atoms in total. The fourth-order valence-corrected chi connectivity index (χ4v) is 7.46. The summed E-state index contributed by atoms with van der Waals surface area (Å²) in [6.07, 6.45) is 4.75. The van der Waals surface area contributed by atoms with Crippen LogP contribution < -0.4 is 10.4 Å². The van der Waals surface area contributed by atoms with Crippen LogP contribution in [0.15, 0.2) is 182 Å². The molecular formula is C48H44Cl2SiZr. The van der Waals surface area contributed by atoms with Gasteiger partial charge in [-0.2, -0.15) is 12.1 Å². The average Bonchev–Trinajstić information content (AvgIpc) is 3.81. The topological polar surface area (TPSA) is 0 Å². The van der Waals surface area contributed by atoms with Crippen LogP contribution in [0.4, 0.5) is 0 Å². The SMILES string of the molecule is CCCc1cc2c(-c3ccccc3)cccc2[cH-]1.CCCc1cc2c(-c3ccccc3)cccc2[cH-]1.[Cl][Zr+2][Cl].c1ccc([Si]c2ccccc2)cc1. The number of rotatable bonds is 8. The van der Waals surface area contributed by atoms with E-state index < -0.39 is 20.8 Å². The third kappa shape index (κ3) is 11.6. The van der Waals surface area contributed by atoms with Crippen LogP contribution in [-0.2, 0) is 33.7 Å². The zero-order chi connectivity index (χ0) is 36.4. The Labute approximate surface area is 331 Å². The van der Waals surface area contributed by atoms with Crippen LogP contribution in [-0.4, -0.2) is 9.52 Å². The first kappa shape index (κ1) is 39.4. The van der Waals surface area contributed by atoms with Gasteiger partial charge < -0.3 is 0 Å². The van der Waals surface area contributed by atoms with E-state index in [1.807, 2.05) is 0 Å². The quantitative estimate of drug-likeness (QED) is 0.106. The summed E-state index contributed by atoms with van der Waals surface area (Å²) < 4.78 is 0. The van der Waals surface area contributed by atoms with Gasteiger partial charge in [-0.25, -0.2) is 0 Å². The van der Waals surface area contributed by atoms with E-state index >= 15 is 0 Å². The largest absolute Gasteiger partial charge is 0.121 e. The van der Waals surface area contributed by atoms with Gasteiger partial charge in [0.2, 0.25) is 0 Å². The van der Waals surface area contributed by atoms with Crippen molar-refractivity contribution in [3.8, 4) is 22.3 Å². The van der Waals surface area contributed by atoms with E-state index in [0.29, 0.717) is 0 Å². The minimum atomic E-state index is -0.826. The van der Waals surface area contributed by atoms with Gasteiger partial charge >= 0.3 is 37.9 Å². The Kier molecular flexibility index (Phi) is 16.4. The van der Waals surface area contributed by atoms with Crippen molar-refractivity contribution in [3.05, 3.63) is 193 Å². The second kappa shape index (κ2) is 21.7. The zero-order valence-corrected chi connectivity index (χ0v) is 34.9. The van der Waals surface area contributed by atoms with Crippen LogP contribution in [0.2, 0.25) is 0 Å². The summed E-state index contributed by atoms with van der Waals surface area (Å²) in [6.45, 7) is 4.46. The van der Waals surface area contributed by atoms with E-state index in [0.717, 1.165) is 9.52 Å². The first-order valence-corrected chi connectivity index (χ1v) is 25.3. The summed E-state index contributed by atoms with van der Waals surface area (Å²) in [5.74, 6) is 0. The predicted molar refractivity (Wildman–Crippen MR) is 228 cm³/mol. The van der Waals surface area contributed by atoms with Gasteiger partial charge in [0.05, 0.1) is 0 Å². The number of halogens is 2. The Hall–Kier alpha value is -3.78. The molecule has 0 amide bonds. The van der Waals surface area contributed by atoms with Crippen LogP contribution in [0.5, 0.6) is 0 Å². The number of aryl methyl sites for hydroxylation is 2. The van der Waals surface area contributed by atoms with E-state index in [9.17, 15) is 0 Å². The van der Waals surface area contributed by atoms with Crippen molar-refractivity contribution in [2.24, 2.45) is 0 Å². The summed E-state index contributed by atoms with van der Waals surface area (Å²) >= 11 is -0.826. The Morgan fingerprint density at radius 1 is 0.462 bits per heavy atom. The standard InChI is InChI=1S/2C18H17.C12H10Si.2ClH.Zr/c2*1-2-7-14-12-16-10-6-11-17(18(16)13-14)15-8-4-3-5-9-15;1-3-7-11(8-4-1)13-12-9-5-2-6-10-12;;;/h2*3-6,8-13H,2,7H2,1H3;1-10H;2*1H;/q2*-1;;;;+4/p-2. The van der Waals surface area contributed by atoms with Crippen LogP contribution in [0.3, 0.4) is 0 Å². The van der Waals surface area contributed by atoms with Gasteiger partial charge in [0.25, 0.3) is 0 Å². The van der Waals surface area contributed by atoms with E-state index in [2.05, 4.69) is 196 Å².